The number of carbonyl (C=O) groups excluding carboxylic acids is 1. The number of esters is 1. The van der Waals surface area contributed by atoms with Crippen LogP contribution in [0.25, 0.3) is 0 Å². The van der Waals surface area contributed by atoms with Gasteiger partial charge in [0.05, 0.1) is 24.7 Å². The average Bonchev–Trinajstić information content (AvgIpc) is 2.58. The zero-order valence-electron chi connectivity index (χ0n) is 16.2. The number of carbonyl (C=O) groups is 1. The predicted molar refractivity (Wildman–Crippen MR) is 98.5 cm³/mol. The van der Waals surface area contributed by atoms with E-state index in [0.717, 1.165) is 5.56 Å². The van der Waals surface area contributed by atoms with Crippen LogP contribution in [0.1, 0.15) is 32.8 Å². The van der Waals surface area contributed by atoms with E-state index in [1.165, 1.54) is 11.2 Å². The van der Waals surface area contributed by atoms with Crippen molar-refractivity contribution < 1.29 is 27.4 Å². The number of ether oxygens (including phenoxy) is 3. The third kappa shape index (κ3) is 4.51. The summed E-state index contributed by atoms with van der Waals surface area (Å²) < 4.78 is 44.8. The lowest BCUT2D eigenvalue weighted by Gasteiger charge is -2.49. The minimum atomic E-state index is -3.72. The van der Waals surface area contributed by atoms with E-state index in [-0.39, 0.29) is 18.0 Å². The third-order valence-electron chi connectivity index (χ3n) is 5.02. The first-order valence-corrected chi connectivity index (χ1v) is 10.5. The Morgan fingerprint density at radius 3 is 2.33 bits per heavy atom. The van der Waals surface area contributed by atoms with Crippen LogP contribution in [0.2, 0.25) is 0 Å². The van der Waals surface area contributed by atoms with Gasteiger partial charge >= 0.3 is 5.97 Å². The molecular weight excluding hydrogens is 370 g/mol. The summed E-state index contributed by atoms with van der Waals surface area (Å²) in [6.45, 7) is 7.96. The summed E-state index contributed by atoms with van der Waals surface area (Å²) in [5.41, 5.74) is 0.434. The van der Waals surface area contributed by atoms with Gasteiger partial charge in [-0.1, -0.05) is 17.7 Å². The molecule has 3 rings (SSSR count). The number of benzene rings is 1. The molecule has 0 N–H and O–H groups in total. The van der Waals surface area contributed by atoms with Crippen molar-refractivity contribution >= 4 is 16.0 Å². The molecule has 0 aromatic heterocycles. The van der Waals surface area contributed by atoms with Crippen LogP contribution in [0.15, 0.2) is 29.2 Å². The van der Waals surface area contributed by atoms with Gasteiger partial charge in [-0.15, -0.1) is 0 Å². The van der Waals surface area contributed by atoms with Crippen molar-refractivity contribution in [2.45, 2.75) is 50.9 Å². The molecule has 0 radical (unpaired) electrons. The van der Waals surface area contributed by atoms with E-state index in [2.05, 4.69) is 0 Å². The summed E-state index contributed by atoms with van der Waals surface area (Å²) in [7, 11) is -3.72. The van der Waals surface area contributed by atoms with Crippen molar-refractivity contribution in [2.24, 2.45) is 5.41 Å². The van der Waals surface area contributed by atoms with Crippen LogP contribution in [-0.4, -0.2) is 56.9 Å². The number of hydrogen-bond donors (Lipinski definition) is 0. The lowest BCUT2D eigenvalue weighted by molar-refractivity contribution is -0.293. The number of nitrogens with zero attached hydrogens (tertiary/aromatic N) is 1. The number of aryl methyl sites for hydroxylation is 1. The van der Waals surface area contributed by atoms with E-state index in [9.17, 15) is 13.2 Å². The van der Waals surface area contributed by atoms with Gasteiger partial charge in [-0.25, -0.2) is 8.42 Å². The largest absolute Gasteiger partial charge is 0.461 e. The van der Waals surface area contributed by atoms with Crippen molar-refractivity contribution in [1.82, 2.24) is 4.31 Å². The first-order chi connectivity index (χ1) is 12.5. The average molecular weight is 397 g/mol. The highest BCUT2D eigenvalue weighted by Crippen LogP contribution is 2.39. The fraction of sp³-hybridized carbons (Fsp3) is 0.632. The van der Waals surface area contributed by atoms with Crippen LogP contribution in [0.4, 0.5) is 0 Å². The maximum atomic E-state index is 13.2. The minimum absolute atomic E-state index is 0.126. The highest BCUT2D eigenvalue weighted by molar-refractivity contribution is 7.89. The predicted octanol–water partition coefficient (Wildman–Crippen LogP) is 2.09. The molecule has 2 fully saturated rings. The number of hydrogen-bond acceptors (Lipinski definition) is 6. The van der Waals surface area contributed by atoms with Crippen LogP contribution in [0.5, 0.6) is 0 Å². The van der Waals surface area contributed by atoms with Crippen LogP contribution in [0.3, 0.4) is 0 Å². The smallest absolute Gasteiger partial charge is 0.302 e. The Labute approximate surface area is 160 Å². The van der Waals surface area contributed by atoms with Crippen LogP contribution < -0.4 is 0 Å². The van der Waals surface area contributed by atoms with Gasteiger partial charge in [0.15, 0.2) is 5.79 Å². The molecule has 8 heteroatoms. The molecule has 1 aromatic carbocycles. The highest BCUT2D eigenvalue weighted by Gasteiger charge is 2.49. The Kier molecular flexibility index (Phi) is 5.37. The SMILES string of the molecule is CC(=O)O[C@H]1CN(S(=O)(=O)c2ccc(C)cc2)CC2(COC(C)(C)OC2)C1. The van der Waals surface area contributed by atoms with Crippen molar-refractivity contribution in [2.75, 3.05) is 26.3 Å². The second-order valence-corrected chi connectivity index (χ2v) is 9.96. The van der Waals surface area contributed by atoms with Crippen molar-refractivity contribution in [1.29, 1.82) is 0 Å². The Bertz CT molecular complexity index is 792. The molecule has 150 valence electrons. The van der Waals surface area contributed by atoms with E-state index in [0.29, 0.717) is 19.6 Å². The molecule has 2 aliphatic rings. The standard InChI is InChI=1S/C19H27NO6S/c1-14-5-7-17(8-6-14)27(22,23)20-10-16(26-15(2)21)9-19(11-20)12-24-18(3,4)25-13-19/h5-8,16H,9-13H2,1-4H3/t16-/m1/s1. The molecule has 1 spiro atoms. The molecule has 0 saturated carbocycles. The monoisotopic (exact) mass is 397 g/mol. The van der Waals surface area contributed by atoms with E-state index in [4.69, 9.17) is 14.2 Å². The Hall–Kier alpha value is -1.48. The van der Waals surface area contributed by atoms with Gasteiger partial charge in [0.1, 0.15) is 6.10 Å². The topological polar surface area (TPSA) is 82.1 Å². The first kappa shape index (κ1) is 20.3. The maximum Gasteiger partial charge on any atom is 0.302 e. The third-order valence-corrected chi connectivity index (χ3v) is 6.85. The lowest BCUT2D eigenvalue weighted by Crippen LogP contribution is -2.59. The summed E-state index contributed by atoms with van der Waals surface area (Å²) in [5, 5.41) is 0. The Morgan fingerprint density at radius 1 is 1.19 bits per heavy atom. The van der Waals surface area contributed by atoms with Crippen LogP contribution >= 0.6 is 0 Å². The normalized spacial score (nSPS) is 25.3. The van der Waals surface area contributed by atoms with Gasteiger partial charge < -0.3 is 14.2 Å². The second-order valence-electron chi connectivity index (χ2n) is 8.02. The van der Waals surface area contributed by atoms with Gasteiger partial charge in [-0.05, 0) is 39.3 Å². The summed E-state index contributed by atoms with van der Waals surface area (Å²) in [4.78, 5) is 11.7. The Morgan fingerprint density at radius 2 is 1.78 bits per heavy atom. The van der Waals surface area contributed by atoms with E-state index < -0.39 is 33.3 Å². The second kappa shape index (κ2) is 7.16. The Balaban J connectivity index is 1.89. The maximum absolute atomic E-state index is 13.2. The van der Waals surface area contributed by atoms with Gasteiger partial charge in [0.2, 0.25) is 10.0 Å². The van der Waals surface area contributed by atoms with Crippen LogP contribution in [0, 0.1) is 12.3 Å². The molecule has 1 atom stereocenters. The molecule has 7 nitrogen and oxygen atoms in total. The minimum Gasteiger partial charge on any atom is -0.461 e. The molecule has 0 amide bonds. The molecule has 2 aliphatic heterocycles. The summed E-state index contributed by atoms with van der Waals surface area (Å²) in [5.74, 6) is -1.14. The highest BCUT2D eigenvalue weighted by atomic mass is 32.2. The van der Waals surface area contributed by atoms with Gasteiger partial charge in [-0.2, -0.15) is 4.31 Å². The summed E-state index contributed by atoms with van der Waals surface area (Å²) in [6, 6.07) is 6.74. The summed E-state index contributed by atoms with van der Waals surface area (Å²) in [6.07, 6.45) is -0.0346. The van der Waals surface area contributed by atoms with Crippen molar-refractivity contribution in [3.8, 4) is 0 Å². The molecular formula is C19H27NO6S. The molecule has 2 saturated heterocycles. The summed E-state index contributed by atoms with van der Waals surface area (Å²) >= 11 is 0. The lowest BCUT2D eigenvalue weighted by atomic mass is 9.80. The van der Waals surface area contributed by atoms with Gasteiger partial charge in [-0.3, -0.25) is 4.79 Å². The fourth-order valence-electron chi connectivity index (χ4n) is 3.58. The number of piperidine rings is 1. The number of sulfonamides is 1. The van der Waals surface area contributed by atoms with Crippen molar-refractivity contribution in [3.05, 3.63) is 29.8 Å². The molecule has 27 heavy (non-hydrogen) atoms. The first-order valence-electron chi connectivity index (χ1n) is 9.03. The van der Waals surface area contributed by atoms with Gasteiger partial charge in [0.25, 0.3) is 0 Å². The molecule has 2 heterocycles. The molecule has 0 unspecified atom stereocenters. The quantitative estimate of drug-likeness (QED) is 0.727. The van der Waals surface area contributed by atoms with E-state index >= 15 is 0 Å². The number of rotatable bonds is 3. The molecule has 0 bridgehead atoms. The fourth-order valence-corrected chi connectivity index (χ4v) is 5.16. The van der Waals surface area contributed by atoms with Gasteiger partial charge in [0, 0.05) is 18.9 Å². The zero-order valence-corrected chi connectivity index (χ0v) is 17.0. The molecule has 0 aliphatic carbocycles. The molecule has 1 aromatic rings. The van der Waals surface area contributed by atoms with Crippen LogP contribution in [-0.2, 0) is 29.0 Å². The van der Waals surface area contributed by atoms with Crippen molar-refractivity contribution in [3.63, 3.8) is 0 Å². The van der Waals surface area contributed by atoms with E-state index in [1.807, 2.05) is 20.8 Å². The van der Waals surface area contributed by atoms with E-state index in [1.54, 1.807) is 24.3 Å². The zero-order chi connectivity index (χ0) is 19.9.